The van der Waals surface area contributed by atoms with E-state index in [1.54, 1.807) is 0 Å². The summed E-state index contributed by atoms with van der Waals surface area (Å²) in [5, 5.41) is 12.9. The molecule has 16 heavy (non-hydrogen) atoms. The van der Waals surface area contributed by atoms with Gasteiger partial charge in [-0.3, -0.25) is 0 Å². The zero-order valence-electron chi connectivity index (χ0n) is 9.76. The first-order valence-corrected chi connectivity index (χ1v) is 5.56. The van der Waals surface area contributed by atoms with Crippen molar-refractivity contribution in [2.45, 2.75) is 12.5 Å². The summed E-state index contributed by atoms with van der Waals surface area (Å²) in [5.74, 6) is -1.65. The van der Waals surface area contributed by atoms with Gasteiger partial charge in [0.05, 0.1) is 5.97 Å². The second-order valence-electron chi connectivity index (χ2n) is 3.18. The predicted molar refractivity (Wildman–Crippen MR) is 37.4 cm³/mol. The van der Waals surface area contributed by atoms with Gasteiger partial charge in [0, 0.05) is 6.04 Å². The monoisotopic (exact) mass is 275 g/mol. The van der Waals surface area contributed by atoms with Crippen molar-refractivity contribution in [1.29, 1.82) is 0 Å². The van der Waals surface area contributed by atoms with Crippen LogP contribution in [-0.2, 0) is 9.36 Å². The van der Waals surface area contributed by atoms with E-state index < -0.39 is 31.7 Å². The third kappa shape index (κ3) is 9.50. The van der Waals surface area contributed by atoms with Gasteiger partial charge < -0.3 is 29.6 Å². The number of carbonyl (C=O) groups is 1. The summed E-state index contributed by atoms with van der Waals surface area (Å²) in [6.07, 6.45) is -0.333. The summed E-state index contributed by atoms with van der Waals surface area (Å²) in [5.41, 5.74) is 0. The van der Waals surface area contributed by atoms with Crippen molar-refractivity contribution in [3.8, 4) is 0 Å². The molecule has 0 aliphatic carbocycles. The Morgan fingerprint density at radius 2 is 1.81 bits per heavy atom. The summed E-state index contributed by atoms with van der Waals surface area (Å²) < 4.78 is 10.3. The molecule has 2 atom stereocenters. The molecule has 10 heteroatoms. The molecule has 0 amide bonds. The van der Waals surface area contributed by atoms with E-state index in [1.165, 1.54) is 0 Å². The largest absolute Gasteiger partial charge is 1.00 e. The van der Waals surface area contributed by atoms with E-state index in [1.807, 2.05) is 0 Å². The molecule has 1 heterocycles. The van der Waals surface area contributed by atoms with E-state index in [4.69, 9.17) is 0 Å². The van der Waals surface area contributed by atoms with Gasteiger partial charge in [0.25, 0.3) is 0 Å². The van der Waals surface area contributed by atoms with E-state index in [0.717, 1.165) is 0 Å². The summed E-state index contributed by atoms with van der Waals surface area (Å²) in [4.78, 5) is 31.0. The molecule has 0 aromatic heterocycles. The summed E-state index contributed by atoms with van der Waals surface area (Å²) >= 11 is 0. The van der Waals surface area contributed by atoms with Crippen LogP contribution < -0.4 is 109 Å². The standard InChI is InChI=1S/C6H12NO5P.3Na/c8-6(9)5-1-4(2-7-5)3-13(10,11)12;;;/h4-5,7H,1-3H2,(H,8,9)(H2,10,11,12);;;/q;3*+1/p-3. The molecule has 76 valence electrons. The maximum Gasteiger partial charge on any atom is 1.00 e. The van der Waals surface area contributed by atoms with E-state index in [9.17, 15) is 24.3 Å². The van der Waals surface area contributed by atoms with Crippen LogP contribution in [0.15, 0.2) is 0 Å². The van der Waals surface area contributed by atoms with Gasteiger partial charge in [-0.2, -0.15) is 0 Å². The number of carboxylic acid groups (broad SMARTS) is 1. The van der Waals surface area contributed by atoms with Crippen LogP contribution in [0.5, 0.6) is 0 Å². The molecule has 0 bridgehead atoms. The minimum atomic E-state index is -4.52. The predicted octanol–water partition coefficient (Wildman–Crippen LogP) is -12.4. The number of aliphatic carboxylic acids is 1. The van der Waals surface area contributed by atoms with Gasteiger partial charge in [-0.15, -0.1) is 0 Å². The van der Waals surface area contributed by atoms with Crippen LogP contribution in [0.4, 0.5) is 0 Å². The van der Waals surface area contributed by atoms with Crippen molar-refractivity contribution in [3.05, 3.63) is 0 Å². The van der Waals surface area contributed by atoms with Crippen molar-refractivity contribution < 1.29 is 113 Å². The number of rotatable bonds is 3. The number of hydrogen-bond acceptors (Lipinski definition) is 6. The Morgan fingerprint density at radius 3 is 2.12 bits per heavy atom. The minimum absolute atomic E-state index is 0. The molecule has 1 aliphatic heterocycles. The van der Waals surface area contributed by atoms with Crippen LogP contribution in [0.2, 0.25) is 0 Å². The third-order valence-corrected chi connectivity index (χ3v) is 2.95. The molecular formula is C6H9NNa3O5P. The molecule has 0 aromatic rings. The molecule has 0 spiro atoms. The first-order valence-electron chi connectivity index (χ1n) is 3.84. The van der Waals surface area contributed by atoms with E-state index in [2.05, 4.69) is 5.32 Å². The van der Waals surface area contributed by atoms with Crippen LogP contribution in [0.3, 0.4) is 0 Å². The number of hydrogen-bond donors (Lipinski definition) is 1. The molecule has 0 radical (unpaired) electrons. The van der Waals surface area contributed by atoms with Crippen LogP contribution in [0.25, 0.3) is 0 Å². The molecule has 0 aromatic carbocycles. The van der Waals surface area contributed by atoms with Crippen LogP contribution >= 0.6 is 7.60 Å². The normalized spacial score (nSPS) is 23.6. The molecular weight excluding hydrogens is 266 g/mol. The fraction of sp³-hybridized carbons (Fsp3) is 0.833. The average molecular weight is 275 g/mol. The van der Waals surface area contributed by atoms with E-state index in [0.29, 0.717) is 0 Å². The maximum absolute atomic E-state index is 10.3. The quantitative estimate of drug-likeness (QED) is 0.404. The Hall–Kier alpha value is 2.58. The average Bonchev–Trinajstić information content (AvgIpc) is 2.31. The van der Waals surface area contributed by atoms with Crippen molar-refractivity contribution in [3.63, 3.8) is 0 Å². The Bertz CT molecular complexity index is 261. The van der Waals surface area contributed by atoms with Gasteiger partial charge in [0.1, 0.15) is 0 Å². The number of carboxylic acids is 1. The minimum Gasteiger partial charge on any atom is -0.811 e. The Balaban J connectivity index is -0.000000563. The van der Waals surface area contributed by atoms with Gasteiger partial charge in [-0.05, 0) is 25.0 Å². The van der Waals surface area contributed by atoms with Crippen molar-refractivity contribution in [1.82, 2.24) is 5.32 Å². The third-order valence-electron chi connectivity index (χ3n) is 1.99. The smallest absolute Gasteiger partial charge is 0.811 e. The molecule has 6 nitrogen and oxygen atoms in total. The van der Waals surface area contributed by atoms with E-state index >= 15 is 0 Å². The van der Waals surface area contributed by atoms with Crippen LogP contribution in [-0.4, -0.2) is 24.7 Å². The van der Waals surface area contributed by atoms with Gasteiger partial charge in [0.2, 0.25) is 0 Å². The van der Waals surface area contributed by atoms with Crippen molar-refractivity contribution in [2.75, 3.05) is 12.7 Å². The second-order valence-corrected chi connectivity index (χ2v) is 4.76. The van der Waals surface area contributed by atoms with Gasteiger partial charge in [-0.1, -0.05) is 7.60 Å². The van der Waals surface area contributed by atoms with Gasteiger partial charge >= 0.3 is 88.7 Å². The van der Waals surface area contributed by atoms with Crippen molar-refractivity contribution >= 4 is 13.6 Å². The van der Waals surface area contributed by atoms with Crippen LogP contribution in [0, 0.1) is 5.92 Å². The summed E-state index contributed by atoms with van der Waals surface area (Å²) in [6, 6.07) is -0.823. The molecule has 0 saturated carbocycles. The fourth-order valence-electron chi connectivity index (χ4n) is 1.44. The first kappa shape index (κ1) is 23.7. The fourth-order valence-corrected chi connectivity index (χ4v) is 2.35. The van der Waals surface area contributed by atoms with Gasteiger partial charge in [-0.25, -0.2) is 0 Å². The van der Waals surface area contributed by atoms with Gasteiger partial charge in [0.15, 0.2) is 0 Å². The summed E-state index contributed by atoms with van der Waals surface area (Å²) in [6.45, 7) is 0.243. The van der Waals surface area contributed by atoms with Crippen molar-refractivity contribution in [2.24, 2.45) is 5.92 Å². The Kier molecular flexibility index (Phi) is 15.3. The molecule has 1 saturated heterocycles. The van der Waals surface area contributed by atoms with E-state index in [-0.39, 0.29) is 102 Å². The summed E-state index contributed by atoms with van der Waals surface area (Å²) in [7, 11) is -4.52. The number of nitrogens with one attached hydrogen (secondary N) is 1. The molecule has 1 rings (SSSR count). The Morgan fingerprint density at radius 1 is 1.31 bits per heavy atom. The SMILES string of the molecule is O=C([O-])C1CC(CP(=O)([O-])[O-])CN1.[Na+].[Na+].[Na+]. The number of carbonyl (C=O) groups excluding carboxylic acids is 1. The van der Waals surface area contributed by atoms with Crippen LogP contribution in [0.1, 0.15) is 6.42 Å². The first-order chi connectivity index (χ1) is 5.88. The molecule has 1 aliphatic rings. The molecule has 1 N–H and O–H groups in total. The topological polar surface area (TPSA) is 115 Å². The zero-order chi connectivity index (χ0) is 10.1. The molecule has 1 fully saturated rings. The maximum atomic E-state index is 10.3. The Labute approximate surface area is 160 Å². The second kappa shape index (κ2) is 10.4. The zero-order valence-corrected chi connectivity index (χ0v) is 16.7. The molecule has 2 unspecified atom stereocenters.